The third kappa shape index (κ3) is 3.34. The molecule has 4 heterocycles. The summed E-state index contributed by atoms with van der Waals surface area (Å²) < 4.78 is 5.71. The second-order valence-electron chi connectivity index (χ2n) is 5.93. The quantitative estimate of drug-likeness (QED) is 0.787. The average molecular weight is 308 g/mol. The molecule has 4 aliphatic heterocycles. The van der Waals surface area contributed by atoms with Gasteiger partial charge in [-0.15, -0.1) is 0 Å². The van der Waals surface area contributed by atoms with Gasteiger partial charge in [-0.2, -0.15) is 0 Å². The van der Waals surface area contributed by atoms with Crippen molar-refractivity contribution >= 4 is 11.6 Å². The molecule has 23 heavy (non-hydrogen) atoms. The first-order valence-electron chi connectivity index (χ1n) is 8.09. The summed E-state index contributed by atoms with van der Waals surface area (Å²) in [5.41, 5.74) is 2.17. The maximum absolute atomic E-state index is 12.8. The topological polar surface area (TPSA) is 43.4 Å². The minimum Gasteiger partial charge on any atom is -0.489 e. The largest absolute Gasteiger partial charge is 0.489 e. The molecule has 2 aromatic rings. The first-order chi connectivity index (χ1) is 11.2. The van der Waals surface area contributed by atoms with E-state index in [2.05, 4.69) is 6.92 Å². The molecule has 1 unspecified atom stereocenters. The highest BCUT2D eigenvalue weighted by Crippen LogP contribution is 2.24. The van der Waals surface area contributed by atoms with E-state index in [9.17, 15) is 9.59 Å². The van der Waals surface area contributed by atoms with Gasteiger partial charge in [0.2, 0.25) is 0 Å². The number of benzene rings is 2. The molecular formula is C20H20O3. The van der Waals surface area contributed by atoms with Crippen LogP contribution in [0.2, 0.25) is 0 Å². The van der Waals surface area contributed by atoms with E-state index in [0.29, 0.717) is 24.2 Å². The fraction of sp³-hybridized carbons (Fsp3) is 0.300. The Labute approximate surface area is 136 Å². The van der Waals surface area contributed by atoms with Crippen LogP contribution in [0, 0.1) is 5.92 Å². The maximum Gasteiger partial charge on any atom is 0.173 e. The van der Waals surface area contributed by atoms with Gasteiger partial charge in [-0.05, 0) is 36.2 Å². The molecular weight excluding hydrogens is 288 g/mol. The summed E-state index contributed by atoms with van der Waals surface area (Å²) >= 11 is 0. The molecule has 0 spiro atoms. The Hall–Kier alpha value is -2.42. The van der Waals surface area contributed by atoms with Crippen LogP contribution in [0.15, 0.2) is 48.5 Å². The van der Waals surface area contributed by atoms with Crippen LogP contribution in [0.1, 0.15) is 52.5 Å². The van der Waals surface area contributed by atoms with Gasteiger partial charge in [-0.3, -0.25) is 9.59 Å². The van der Waals surface area contributed by atoms with Gasteiger partial charge in [0.05, 0.1) is 5.92 Å². The number of ether oxygens (including phenoxy) is 1. The van der Waals surface area contributed by atoms with Crippen LogP contribution < -0.4 is 4.74 Å². The number of ketones is 2. The van der Waals surface area contributed by atoms with Crippen LogP contribution in [0.25, 0.3) is 0 Å². The normalized spacial score (nSPS) is 17.3. The third-order valence-corrected chi connectivity index (χ3v) is 4.26. The smallest absolute Gasteiger partial charge is 0.173 e. The lowest BCUT2D eigenvalue weighted by Gasteiger charge is -2.15. The number of carbonyl (C=O) groups excluding carboxylic acids is 2. The SMILES string of the molecule is CCCCC1C(=O)c2ccc(cc2)COc2ccc(cc2)C1=O. The molecule has 118 valence electrons. The molecule has 0 radical (unpaired) electrons. The fourth-order valence-corrected chi connectivity index (χ4v) is 2.84. The second kappa shape index (κ2) is 6.78. The van der Waals surface area contributed by atoms with Crippen LogP contribution in [0.3, 0.4) is 0 Å². The molecule has 1 atom stereocenters. The highest BCUT2D eigenvalue weighted by molar-refractivity contribution is 6.16. The molecule has 2 aromatic carbocycles. The highest BCUT2D eigenvalue weighted by Gasteiger charge is 2.28. The maximum atomic E-state index is 12.8. The molecule has 0 saturated carbocycles. The summed E-state index contributed by atoms with van der Waals surface area (Å²) in [6, 6.07) is 14.5. The lowest BCUT2D eigenvalue weighted by Crippen LogP contribution is -2.24. The van der Waals surface area contributed by atoms with Gasteiger partial charge in [0, 0.05) is 11.1 Å². The Kier molecular flexibility index (Phi) is 4.56. The van der Waals surface area contributed by atoms with Gasteiger partial charge in [-0.1, -0.05) is 44.0 Å². The van der Waals surface area contributed by atoms with Crippen molar-refractivity contribution in [2.75, 3.05) is 0 Å². The van der Waals surface area contributed by atoms with Gasteiger partial charge in [-0.25, -0.2) is 0 Å². The van der Waals surface area contributed by atoms with Crippen molar-refractivity contribution in [3.63, 3.8) is 0 Å². The molecule has 3 heteroatoms. The second-order valence-corrected chi connectivity index (χ2v) is 5.93. The molecule has 0 amide bonds. The van der Waals surface area contributed by atoms with Crippen LogP contribution in [-0.2, 0) is 6.61 Å². The monoisotopic (exact) mass is 308 g/mol. The Morgan fingerprint density at radius 1 is 0.913 bits per heavy atom. The number of Topliss-reactive ketones (excluding diaryl/α,β-unsaturated/α-hetero) is 2. The number of unbranched alkanes of at least 4 members (excludes halogenated alkanes) is 1. The first kappa shape index (κ1) is 15.5. The van der Waals surface area contributed by atoms with Gasteiger partial charge >= 0.3 is 0 Å². The molecule has 4 bridgehead atoms. The predicted octanol–water partition coefficient (Wildman–Crippen LogP) is 4.45. The van der Waals surface area contributed by atoms with Crippen molar-refractivity contribution in [1.29, 1.82) is 0 Å². The Morgan fingerprint density at radius 3 is 2.04 bits per heavy atom. The minimum atomic E-state index is -0.603. The number of hydrogen-bond acceptors (Lipinski definition) is 3. The van der Waals surface area contributed by atoms with Gasteiger partial charge in [0.25, 0.3) is 0 Å². The predicted molar refractivity (Wildman–Crippen MR) is 88.9 cm³/mol. The summed E-state index contributed by atoms with van der Waals surface area (Å²) in [7, 11) is 0. The highest BCUT2D eigenvalue weighted by atomic mass is 16.5. The van der Waals surface area contributed by atoms with Gasteiger partial charge < -0.3 is 4.74 Å². The van der Waals surface area contributed by atoms with E-state index < -0.39 is 5.92 Å². The van der Waals surface area contributed by atoms with Crippen LogP contribution >= 0.6 is 0 Å². The summed E-state index contributed by atoms with van der Waals surface area (Å²) in [4.78, 5) is 25.6. The summed E-state index contributed by atoms with van der Waals surface area (Å²) in [6.07, 6.45) is 2.42. The zero-order valence-electron chi connectivity index (χ0n) is 13.2. The average Bonchev–Trinajstić information content (AvgIpc) is 2.62. The summed E-state index contributed by atoms with van der Waals surface area (Å²) in [5.74, 6) is -0.0628. The Balaban J connectivity index is 2.04. The minimum absolute atomic E-state index is 0.0840. The van der Waals surface area contributed by atoms with E-state index in [0.717, 1.165) is 24.2 Å². The molecule has 4 aliphatic rings. The lowest BCUT2D eigenvalue weighted by molar-refractivity contribution is 0.0797. The number of rotatable bonds is 3. The van der Waals surface area contributed by atoms with E-state index in [1.165, 1.54) is 0 Å². The van der Waals surface area contributed by atoms with Crippen LogP contribution in [0.5, 0.6) is 5.75 Å². The van der Waals surface area contributed by atoms with Crippen molar-refractivity contribution in [1.82, 2.24) is 0 Å². The van der Waals surface area contributed by atoms with Crippen molar-refractivity contribution in [3.8, 4) is 5.75 Å². The molecule has 0 N–H and O–H groups in total. The van der Waals surface area contributed by atoms with Gasteiger partial charge in [0.1, 0.15) is 12.4 Å². The summed E-state index contributed by atoms with van der Waals surface area (Å²) in [5, 5.41) is 0. The Morgan fingerprint density at radius 2 is 1.48 bits per heavy atom. The zero-order chi connectivity index (χ0) is 16.2. The van der Waals surface area contributed by atoms with Crippen molar-refractivity contribution in [2.45, 2.75) is 32.8 Å². The molecule has 3 nitrogen and oxygen atoms in total. The van der Waals surface area contributed by atoms with Crippen LogP contribution in [-0.4, -0.2) is 11.6 Å². The molecule has 0 fully saturated rings. The molecule has 0 aliphatic carbocycles. The molecule has 0 aromatic heterocycles. The van der Waals surface area contributed by atoms with E-state index in [1.54, 1.807) is 36.4 Å². The zero-order valence-corrected chi connectivity index (χ0v) is 13.2. The van der Waals surface area contributed by atoms with Crippen molar-refractivity contribution < 1.29 is 14.3 Å². The first-order valence-corrected chi connectivity index (χ1v) is 8.09. The lowest BCUT2D eigenvalue weighted by atomic mass is 9.86. The van der Waals surface area contributed by atoms with Crippen molar-refractivity contribution in [3.05, 3.63) is 65.2 Å². The van der Waals surface area contributed by atoms with E-state index in [1.807, 2.05) is 12.1 Å². The van der Waals surface area contributed by atoms with Gasteiger partial charge in [0.15, 0.2) is 11.6 Å². The molecule has 6 rings (SSSR count). The summed E-state index contributed by atoms with van der Waals surface area (Å²) in [6.45, 7) is 2.51. The molecule has 0 saturated heterocycles. The Bertz CT molecular complexity index is 639. The standard InChI is InChI=1S/C20H20O3/c1-2-3-4-18-19(21)15-7-5-14(6-8-15)13-23-17-11-9-16(10-12-17)20(18)22/h5-12,18H,2-4,13H2,1H3. The third-order valence-electron chi connectivity index (χ3n) is 4.26. The van der Waals surface area contributed by atoms with E-state index >= 15 is 0 Å². The van der Waals surface area contributed by atoms with Crippen molar-refractivity contribution in [2.24, 2.45) is 5.92 Å². The van der Waals surface area contributed by atoms with E-state index in [4.69, 9.17) is 4.74 Å². The van der Waals surface area contributed by atoms with E-state index in [-0.39, 0.29) is 11.6 Å². The number of hydrogen-bond donors (Lipinski definition) is 0. The number of carbonyl (C=O) groups is 2. The van der Waals surface area contributed by atoms with Crippen LogP contribution in [0.4, 0.5) is 0 Å². The fourth-order valence-electron chi connectivity index (χ4n) is 2.84.